The molecule has 3 aromatic heterocycles. The molecule has 0 N–H and O–H groups in total. The van der Waals surface area contributed by atoms with Gasteiger partial charge < -0.3 is 0 Å². The lowest BCUT2D eigenvalue weighted by atomic mass is 9.90. The van der Waals surface area contributed by atoms with E-state index in [0.717, 1.165) is 94.5 Å². The molecule has 0 radical (unpaired) electrons. The van der Waals surface area contributed by atoms with Crippen LogP contribution in [0.2, 0.25) is 0 Å². The van der Waals surface area contributed by atoms with Crippen molar-refractivity contribution in [3.05, 3.63) is 206 Å². The summed E-state index contributed by atoms with van der Waals surface area (Å²) in [7, 11) is 0. The number of hydrogen-bond acceptors (Lipinski definition) is 5. The predicted molar refractivity (Wildman–Crippen MR) is 245 cm³/mol. The SMILES string of the molecule is c1ccc(-c2cc(-c3ccccc3)nc(N3c4cc5c(cc4-c4cccc6cccc3c46)c3ccccc3n5-c3nc(-c4ccccc4)cc(-c4ccccc4)n3)n2)cc1. The second kappa shape index (κ2) is 13.7. The molecule has 11 aromatic rings. The third-order valence-electron chi connectivity index (χ3n) is 11.6. The zero-order chi connectivity index (χ0) is 39.6. The highest BCUT2D eigenvalue weighted by Crippen LogP contribution is 2.52. The molecular weight excluding hydrogens is 733 g/mol. The lowest BCUT2D eigenvalue weighted by Gasteiger charge is -2.32. The standard InChI is InChI=1S/C54H34N6/c1-5-17-35(18-6-1)44-32-45(36-19-7-2-8-20-36)56-53(55-44)59-48-29-14-13-27-40(48)42-31-43-41-28-15-25-39-26-16-30-49(52(39)41)60(51(43)34-50(42)59)54-57-46(37-21-9-3-10-22-37)33-47(58-54)38-23-11-4-12-24-38/h1-34H. The molecule has 0 saturated carbocycles. The van der Waals surface area contributed by atoms with Crippen molar-refractivity contribution in [3.63, 3.8) is 0 Å². The first-order valence-corrected chi connectivity index (χ1v) is 20.1. The van der Waals surface area contributed by atoms with Gasteiger partial charge in [0.05, 0.1) is 45.2 Å². The Morgan fingerprint density at radius 2 is 0.800 bits per heavy atom. The summed E-state index contributed by atoms with van der Waals surface area (Å²) in [5.41, 5.74) is 13.8. The van der Waals surface area contributed by atoms with E-state index in [1.807, 2.05) is 24.3 Å². The van der Waals surface area contributed by atoms with Crippen LogP contribution >= 0.6 is 0 Å². The van der Waals surface area contributed by atoms with Gasteiger partial charge in [-0.15, -0.1) is 0 Å². The lowest BCUT2D eigenvalue weighted by Crippen LogP contribution is -2.18. The van der Waals surface area contributed by atoms with Crippen molar-refractivity contribution in [2.75, 3.05) is 4.90 Å². The van der Waals surface area contributed by atoms with E-state index in [1.165, 1.54) is 5.56 Å². The smallest absolute Gasteiger partial charge is 0.235 e. The van der Waals surface area contributed by atoms with Gasteiger partial charge in [-0.1, -0.05) is 170 Å². The van der Waals surface area contributed by atoms with Crippen LogP contribution in [0.4, 0.5) is 17.3 Å². The molecule has 0 saturated heterocycles. The van der Waals surface area contributed by atoms with E-state index in [2.05, 4.69) is 191 Å². The first-order valence-electron chi connectivity index (χ1n) is 20.1. The Balaban J connectivity index is 1.17. The van der Waals surface area contributed by atoms with E-state index >= 15 is 0 Å². The Labute approximate surface area is 346 Å². The molecule has 6 heteroatoms. The number of nitrogens with zero attached hydrogens (tertiary/aromatic N) is 6. The van der Waals surface area contributed by atoms with E-state index < -0.39 is 0 Å². The van der Waals surface area contributed by atoms with E-state index in [-0.39, 0.29) is 0 Å². The highest BCUT2D eigenvalue weighted by Gasteiger charge is 2.30. The van der Waals surface area contributed by atoms with Crippen LogP contribution in [-0.4, -0.2) is 24.5 Å². The molecule has 0 unspecified atom stereocenters. The van der Waals surface area contributed by atoms with Crippen molar-refractivity contribution < 1.29 is 0 Å². The van der Waals surface area contributed by atoms with Gasteiger partial charge in [0.1, 0.15) is 0 Å². The number of fused-ring (bicyclic) bond motifs is 5. The fourth-order valence-corrected chi connectivity index (χ4v) is 8.79. The maximum absolute atomic E-state index is 5.39. The largest absolute Gasteiger partial charge is 0.278 e. The van der Waals surface area contributed by atoms with Crippen LogP contribution < -0.4 is 4.90 Å². The van der Waals surface area contributed by atoms with Gasteiger partial charge in [0, 0.05) is 44.0 Å². The average molecular weight is 767 g/mol. The third-order valence-corrected chi connectivity index (χ3v) is 11.6. The predicted octanol–water partition coefficient (Wildman–Crippen LogP) is 13.6. The van der Waals surface area contributed by atoms with E-state index in [0.29, 0.717) is 11.9 Å². The first kappa shape index (κ1) is 33.9. The normalized spacial score (nSPS) is 12.0. The molecule has 0 bridgehead atoms. The quantitative estimate of drug-likeness (QED) is 0.169. The fourth-order valence-electron chi connectivity index (χ4n) is 8.79. The Kier molecular flexibility index (Phi) is 7.74. The molecule has 1 aliphatic heterocycles. The summed E-state index contributed by atoms with van der Waals surface area (Å²) >= 11 is 0. The summed E-state index contributed by atoms with van der Waals surface area (Å²) in [5.74, 6) is 1.19. The maximum atomic E-state index is 5.39. The number of rotatable bonds is 6. The van der Waals surface area contributed by atoms with Crippen molar-refractivity contribution in [2.45, 2.75) is 0 Å². The molecule has 8 aromatic carbocycles. The second-order valence-electron chi connectivity index (χ2n) is 15.1. The van der Waals surface area contributed by atoms with Crippen molar-refractivity contribution in [3.8, 4) is 62.1 Å². The molecule has 12 rings (SSSR count). The molecule has 60 heavy (non-hydrogen) atoms. The Bertz CT molecular complexity index is 3300. The molecule has 0 aliphatic carbocycles. The molecule has 0 spiro atoms. The van der Waals surface area contributed by atoms with Crippen LogP contribution in [0.1, 0.15) is 0 Å². The average Bonchev–Trinajstić information content (AvgIpc) is 3.65. The van der Waals surface area contributed by atoms with Gasteiger partial charge in [-0.3, -0.25) is 9.47 Å². The molecule has 1 aliphatic rings. The zero-order valence-electron chi connectivity index (χ0n) is 32.3. The minimum absolute atomic E-state index is 0.592. The molecular formula is C54H34N6. The monoisotopic (exact) mass is 766 g/mol. The van der Waals surface area contributed by atoms with Crippen molar-refractivity contribution >= 4 is 49.9 Å². The lowest BCUT2D eigenvalue weighted by molar-refractivity contribution is 0.995. The minimum atomic E-state index is 0.592. The van der Waals surface area contributed by atoms with Crippen LogP contribution in [0.3, 0.4) is 0 Å². The van der Waals surface area contributed by atoms with Gasteiger partial charge in [-0.05, 0) is 47.3 Å². The highest BCUT2D eigenvalue weighted by molar-refractivity contribution is 6.18. The second-order valence-corrected chi connectivity index (χ2v) is 15.1. The zero-order valence-corrected chi connectivity index (χ0v) is 32.3. The van der Waals surface area contributed by atoms with Crippen LogP contribution in [0.25, 0.3) is 94.7 Å². The first-order chi connectivity index (χ1) is 29.7. The van der Waals surface area contributed by atoms with Crippen molar-refractivity contribution in [1.29, 1.82) is 0 Å². The molecule has 4 heterocycles. The van der Waals surface area contributed by atoms with Crippen molar-refractivity contribution in [2.24, 2.45) is 0 Å². The summed E-state index contributed by atoms with van der Waals surface area (Å²) in [4.78, 5) is 23.7. The van der Waals surface area contributed by atoms with Crippen LogP contribution in [0.5, 0.6) is 0 Å². The Morgan fingerprint density at radius 1 is 0.317 bits per heavy atom. The number of hydrogen-bond donors (Lipinski definition) is 0. The topological polar surface area (TPSA) is 59.7 Å². The van der Waals surface area contributed by atoms with E-state index in [1.54, 1.807) is 0 Å². The number of benzene rings is 8. The third kappa shape index (κ3) is 5.50. The number of anilines is 3. The van der Waals surface area contributed by atoms with Crippen LogP contribution in [-0.2, 0) is 0 Å². The highest BCUT2D eigenvalue weighted by atomic mass is 15.3. The maximum Gasteiger partial charge on any atom is 0.235 e. The van der Waals surface area contributed by atoms with Crippen molar-refractivity contribution in [1.82, 2.24) is 24.5 Å². The van der Waals surface area contributed by atoms with Gasteiger partial charge >= 0.3 is 0 Å². The molecule has 0 fully saturated rings. The summed E-state index contributed by atoms with van der Waals surface area (Å²) in [5, 5.41) is 4.55. The van der Waals surface area contributed by atoms with E-state index in [4.69, 9.17) is 19.9 Å². The van der Waals surface area contributed by atoms with Gasteiger partial charge in [0.25, 0.3) is 0 Å². The molecule has 0 atom stereocenters. The summed E-state index contributed by atoms with van der Waals surface area (Å²) in [6.45, 7) is 0. The van der Waals surface area contributed by atoms with Crippen LogP contribution in [0, 0.1) is 0 Å². The number of para-hydroxylation sites is 1. The Morgan fingerprint density at radius 3 is 1.35 bits per heavy atom. The summed E-state index contributed by atoms with van der Waals surface area (Å²) < 4.78 is 2.22. The van der Waals surface area contributed by atoms with E-state index in [9.17, 15) is 0 Å². The van der Waals surface area contributed by atoms with Gasteiger partial charge in [-0.2, -0.15) is 0 Å². The summed E-state index contributed by atoms with van der Waals surface area (Å²) in [6.07, 6.45) is 0. The van der Waals surface area contributed by atoms with Gasteiger partial charge in [0.15, 0.2) is 0 Å². The van der Waals surface area contributed by atoms with Gasteiger partial charge in [-0.25, -0.2) is 19.9 Å². The molecule has 6 nitrogen and oxygen atoms in total. The minimum Gasteiger partial charge on any atom is -0.278 e. The Hall–Kier alpha value is -8.22. The number of aromatic nitrogens is 5. The molecule has 0 amide bonds. The molecule has 280 valence electrons. The van der Waals surface area contributed by atoms with Gasteiger partial charge in [0.2, 0.25) is 11.9 Å². The fraction of sp³-hybridized carbons (Fsp3) is 0. The van der Waals surface area contributed by atoms with Crippen LogP contribution in [0.15, 0.2) is 206 Å². The summed E-state index contributed by atoms with van der Waals surface area (Å²) in [6, 6.07) is 71.9.